The third-order valence-corrected chi connectivity index (χ3v) is 4.68. The molecule has 2 N–H and O–H groups in total. The van der Waals surface area contributed by atoms with E-state index in [1.807, 2.05) is 11.8 Å². The van der Waals surface area contributed by atoms with E-state index in [9.17, 15) is 4.79 Å². The summed E-state index contributed by atoms with van der Waals surface area (Å²) in [6, 6.07) is 0.938. The van der Waals surface area contributed by atoms with Gasteiger partial charge in [0.25, 0.3) is 0 Å². The molecule has 86 valence electrons. The van der Waals surface area contributed by atoms with Crippen LogP contribution in [0.3, 0.4) is 0 Å². The van der Waals surface area contributed by atoms with Crippen LogP contribution in [0, 0.1) is 5.41 Å². The minimum atomic E-state index is 0.190. The molecule has 0 radical (unpaired) electrons. The Morgan fingerprint density at radius 3 is 2.87 bits per heavy atom. The first-order valence-corrected chi connectivity index (χ1v) is 6.81. The number of hydrogen-bond acceptors (Lipinski definition) is 3. The van der Waals surface area contributed by atoms with E-state index in [1.165, 1.54) is 17.9 Å². The van der Waals surface area contributed by atoms with Gasteiger partial charge in [0, 0.05) is 30.8 Å². The number of nitrogens with one attached hydrogen (secondary N) is 2. The topological polar surface area (TPSA) is 41.1 Å². The van der Waals surface area contributed by atoms with Gasteiger partial charge in [-0.3, -0.25) is 4.79 Å². The minimum Gasteiger partial charge on any atom is -0.354 e. The molecule has 0 saturated carbocycles. The van der Waals surface area contributed by atoms with E-state index in [0.717, 1.165) is 6.54 Å². The van der Waals surface area contributed by atoms with E-state index >= 15 is 0 Å². The van der Waals surface area contributed by atoms with E-state index in [1.54, 1.807) is 0 Å². The van der Waals surface area contributed by atoms with Gasteiger partial charge < -0.3 is 10.6 Å². The highest BCUT2D eigenvalue weighted by Gasteiger charge is 2.31. The van der Waals surface area contributed by atoms with Crippen molar-refractivity contribution in [3.05, 3.63) is 0 Å². The quantitative estimate of drug-likeness (QED) is 0.741. The summed E-state index contributed by atoms with van der Waals surface area (Å²) < 4.78 is 0. The zero-order valence-corrected chi connectivity index (χ0v) is 10.3. The maximum atomic E-state index is 11.1. The Morgan fingerprint density at radius 2 is 2.27 bits per heavy atom. The van der Waals surface area contributed by atoms with E-state index in [2.05, 4.69) is 24.5 Å². The van der Waals surface area contributed by atoms with Gasteiger partial charge in [-0.15, -0.1) is 0 Å². The standard InChI is InChI=1S/C11H20N2OS/c1-11(2)4-9(6-15-7-11)13-8-3-10(14)12-5-8/h8-9,13H,3-7H2,1-2H3,(H,12,14). The largest absolute Gasteiger partial charge is 0.354 e. The first-order chi connectivity index (χ1) is 7.05. The van der Waals surface area contributed by atoms with Crippen molar-refractivity contribution in [3.8, 4) is 0 Å². The maximum absolute atomic E-state index is 11.1. The Morgan fingerprint density at radius 1 is 1.47 bits per heavy atom. The summed E-state index contributed by atoms with van der Waals surface area (Å²) in [6.45, 7) is 5.46. The molecule has 0 bridgehead atoms. The molecule has 2 aliphatic rings. The molecule has 0 spiro atoms. The van der Waals surface area contributed by atoms with Crippen molar-refractivity contribution in [2.75, 3.05) is 18.1 Å². The summed E-state index contributed by atoms with van der Waals surface area (Å²) in [4.78, 5) is 11.1. The van der Waals surface area contributed by atoms with Crippen LogP contribution >= 0.6 is 11.8 Å². The Bertz CT molecular complexity index is 255. The summed E-state index contributed by atoms with van der Waals surface area (Å²) in [5.74, 6) is 2.64. The lowest BCUT2D eigenvalue weighted by Crippen LogP contribution is -2.45. The fourth-order valence-corrected chi connectivity index (χ4v) is 3.71. The van der Waals surface area contributed by atoms with Gasteiger partial charge in [-0.2, -0.15) is 11.8 Å². The Hall–Kier alpha value is -0.220. The summed E-state index contributed by atoms with van der Waals surface area (Å²) in [5.41, 5.74) is 0.441. The molecule has 2 atom stereocenters. The Balaban J connectivity index is 1.81. The summed E-state index contributed by atoms with van der Waals surface area (Å²) in [5, 5.41) is 6.47. The number of thioether (sulfide) groups is 1. The zero-order chi connectivity index (χ0) is 10.9. The van der Waals surface area contributed by atoms with E-state index < -0.39 is 0 Å². The van der Waals surface area contributed by atoms with Gasteiger partial charge in [0.05, 0.1) is 0 Å². The molecule has 2 fully saturated rings. The van der Waals surface area contributed by atoms with E-state index in [0.29, 0.717) is 23.9 Å². The summed E-state index contributed by atoms with van der Waals surface area (Å²) in [7, 11) is 0. The van der Waals surface area contributed by atoms with Crippen molar-refractivity contribution < 1.29 is 4.79 Å². The predicted molar refractivity (Wildman–Crippen MR) is 64.1 cm³/mol. The number of hydrogen-bond donors (Lipinski definition) is 2. The average molecular weight is 228 g/mol. The lowest BCUT2D eigenvalue weighted by atomic mass is 9.87. The van der Waals surface area contributed by atoms with Gasteiger partial charge >= 0.3 is 0 Å². The van der Waals surface area contributed by atoms with Crippen LogP contribution in [0.1, 0.15) is 26.7 Å². The first-order valence-electron chi connectivity index (χ1n) is 5.66. The molecule has 0 aromatic heterocycles. The molecule has 2 rings (SSSR count). The SMILES string of the molecule is CC1(C)CSCC(NC2CNC(=O)C2)C1. The highest BCUT2D eigenvalue weighted by Crippen LogP contribution is 2.33. The molecule has 0 aromatic carbocycles. The smallest absolute Gasteiger partial charge is 0.221 e. The van der Waals surface area contributed by atoms with Gasteiger partial charge in [0.15, 0.2) is 0 Å². The second-order valence-corrected chi connectivity index (χ2v) is 6.48. The minimum absolute atomic E-state index is 0.190. The average Bonchev–Trinajstić information content (AvgIpc) is 2.49. The molecule has 15 heavy (non-hydrogen) atoms. The van der Waals surface area contributed by atoms with Gasteiger partial charge in [0.2, 0.25) is 5.91 Å². The third kappa shape index (κ3) is 3.11. The van der Waals surface area contributed by atoms with Gasteiger partial charge in [-0.25, -0.2) is 0 Å². The Labute approximate surface area is 95.8 Å². The molecule has 2 unspecified atom stereocenters. The maximum Gasteiger partial charge on any atom is 0.221 e. The molecule has 1 amide bonds. The molecule has 2 heterocycles. The van der Waals surface area contributed by atoms with Crippen LogP contribution < -0.4 is 10.6 Å². The monoisotopic (exact) mass is 228 g/mol. The normalized spacial score (nSPS) is 35.2. The fourth-order valence-electron chi connectivity index (χ4n) is 2.43. The molecule has 4 heteroatoms. The highest BCUT2D eigenvalue weighted by molar-refractivity contribution is 7.99. The summed E-state index contributed by atoms with van der Waals surface area (Å²) >= 11 is 2.03. The highest BCUT2D eigenvalue weighted by atomic mass is 32.2. The van der Waals surface area contributed by atoms with Crippen molar-refractivity contribution in [2.24, 2.45) is 5.41 Å². The molecule has 0 aromatic rings. The third-order valence-electron chi connectivity index (χ3n) is 3.06. The van der Waals surface area contributed by atoms with Crippen LogP contribution in [0.15, 0.2) is 0 Å². The van der Waals surface area contributed by atoms with Crippen LogP contribution in [-0.2, 0) is 4.79 Å². The van der Waals surface area contributed by atoms with Crippen molar-refractivity contribution in [1.82, 2.24) is 10.6 Å². The van der Waals surface area contributed by atoms with Crippen LogP contribution in [0.5, 0.6) is 0 Å². The molecule has 2 saturated heterocycles. The zero-order valence-electron chi connectivity index (χ0n) is 9.51. The van der Waals surface area contributed by atoms with Crippen molar-refractivity contribution in [1.29, 1.82) is 0 Å². The van der Waals surface area contributed by atoms with Gasteiger partial charge in [0.1, 0.15) is 0 Å². The summed E-state index contributed by atoms with van der Waals surface area (Å²) in [6.07, 6.45) is 1.88. The van der Waals surface area contributed by atoms with Crippen molar-refractivity contribution in [2.45, 2.75) is 38.8 Å². The first kappa shape index (κ1) is 11.3. The molecule has 3 nitrogen and oxygen atoms in total. The van der Waals surface area contributed by atoms with E-state index in [4.69, 9.17) is 0 Å². The number of carbonyl (C=O) groups excluding carboxylic acids is 1. The lowest BCUT2D eigenvalue weighted by Gasteiger charge is -2.36. The number of rotatable bonds is 2. The van der Waals surface area contributed by atoms with Crippen molar-refractivity contribution >= 4 is 17.7 Å². The lowest BCUT2D eigenvalue weighted by molar-refractivity contribution is -0.119. The molecular formula is C11H20N2OS. The molecule has 0 aliphatic carbocycles. The fraction of sp³-hybridized carbons (Fsp3) is 0.909. The Kier molecular flexibility index (Phi) is 3.26. The van der Waals surface area contributed by atoms with Crippen LogP contribution in [0.25, 0.3) is 0 Å². The predicted octanol–water partition coefficient (Wildman–Crippen LogP) is 0.996. The van der Waals surface area contributed by atoms with Crippen LogP contribution in [0.2, 0.25) is 0 Å². The number of amides is 1. The van der Waals surface area contributed by atoms with Crippen LogP contribution in [-0.4, -0.2) is 36.0 Å². The van der Waals surface area contributed by atoms with E-state index in [-0.39, 0.29) is 5.91 Å². The molecular weight excluding hydrogens is 208 g/mol. The second-order valence-electron chi connectivity index (χ2n) is 5.45. The number of carbonyl (C=O) groups is 1. The van der Waals surface area contributed by atoms with Gasteiger partial charge in [-0.05, 0) is 17.6 Å². The molecule has 2 aliphatic heterocycles. The van der Waals surface area contributed by atoms with Crippen LogP contribution in [0.4, 0.5) is 0 Å². The van der Waals surface area contributed by atoms with Gasteiger partial charge in [-0.1, -0.05) is 13.8 Å². The second kappa shape index (κ2) is 4.34. The van der Waals surface area contributed by atoms with Crippen molar-refractivity contribution in [3.63, 3.8) is 0 Å².